The third-order valence-corrected chi connectivity index (χ3v) is 4.10. The summed E-state index contributed by atoms with van der Waals surface area (Å²) in [7, 11) is -0.315. The van der Waals surface area contributed by atoms with E-state index in [1.807, 2.05) is 6.92 Å². The molecule has 1 aromatic rings. The van der Waals surface area contributed by atoms with Crippen LogP contribution >= 0.6 is 24.0 Å². The van der Waals surface area contributed by atoms with Gasteiger partial charge in [0.15, 0.2) is 5.03 Å². The quantitative estimate of drug-likeness (QED) is 0.824. The normalized spacial score (nSPS) is 13.2. The van der Waals surface area contributed by atoms with Crippen molar-refractivity contribution in [1.29, 1.82) is 0 Å². The van der Waals surface area contributed by atoms with Crippen LogP contribution in [0.5, 0.6) is 0 Å². The second-order valence-electron chi connectivity index (χ2n) is 3.46. The van der Waals surface area contributed by atoms with Gasteiger partial charge in [0, 0.05) is 19.6 Å². The molecule has 1 heterocycles. The van der Waals surface area contributed by atoms with Gasteiger partial charge < -0.3 is 5.32 Å². The first-order valence-electron chi connectivity index (χ1n) is 4.73. The van der Waals surface area contributed by atoms with Crippen molar-refractivity contribution in [3.8, 4) is 0 Å². The van der Waals surface area contributed by atoms with Crippen LogP contribution in [0.3, 0.4) is 0 Å². The van der Waals surface area contributed by atoms with E-state index in [9.17, 15) is 8.42 Å². The molecule has 0 saturated heterocycles. The average molecular weight is 303 g/mol. The maximum absolute atomic E-state index is 11.9. The summed E-state index contributed by atoms with van der Waals surface area (Å²) in [5, 5.41) is 6.81. The Morgan fingerprint density at radius 3 is 2.59 bits per heavy atom. The third kappa shape index (κ3) is 4.11. The molecule has 1 rings (SSSR count). The fraction of sp³-hybridized carbons (Fsp3) is 0.625. The van der Waals surface area contributed by atoms with E-state index >= 15 is 0 Å². The van der Waals surface area contributed by atoms with Crippen molar-refractivity contribution >= 4 is 34.0 Å². The first-order chi connectivity index (χ1) is 7.38. The molecule has 9 heteroatoms. The number of sulfonamides is 1. The zero-order chi connectivity index (χ0) is 12.3. The van der Waals surface area contributed by atoms with Gasteiger partial charge in [0.05, 0.1) is 11.2 Å². The predicted octanol–water partition coefficient (Wildman–Crippen LogP) is 0.381. The van der Waals surface area contributed by atoms with Gasteiger partial charge in [-0.2, -0.15) is 5.10 Å². The van der Waals surface area contributed by atoms with Crippen molar-refractivity contribution < 1.29 is 8.42 Å². The standard InChI is InChI=1S/C8H15ClN4O2S.ClH/c1-6(10-2)4-12-16(14,15)8-7(9)5-11-13(8)3;/h5-6,10,12H,4H2,1-3H3;1H. The predicted molar refractivity (Wildman–Crippen MR) is 69.2 cm³/mol. The van der Waals surface area contributed by atoms with Gasteiger partial charge in [-0.25, -0.2) is 13.1 Å². The maximum Gasteiger partial charge on any atom is 0.259 e. The van der Waals surface area contributed by atoms with E-state index in [-0.39, 0.29) is 28.5 Å². The molecule has 0 spiro atoms. The summed E-state index contributed by atoms with van der Waals surface area (Å²) in [6.07, 6.45) is 1.30. The average Bonchev–Trinajstić information content (AvgIpc) is 2.55. The topological polar surface area (TPSA) is 76.0 Å². The maximum atomic E-state index is 11.9. The van der Waals surface area contributed by atoms with Gasteiger partial charge in [0.2, 0.25) is 0 Å². The van der Waals surface area contributed by atoms with E-state index in [0.29, 0.717) is 6.54 Å². The van der Waals surface area contributed by atoms with E-state index in [1.54, 1.807) is 7.05 Å². The third-order valence-electron chi connectivity index (χ3n) is 2.17. The van der Waals surface area contributed by atoms with Gasteiger partial charge in [0.25, 0.3) is 10.0 Å². The fourth-order valence-corrected chi connectivity index (χ4v) is 2.89. The van der Waals surface area contributed by atoms with Crippen LogP contribution in [0.2, 0.25) is 5.02 Å². The lowest BCUT2D eigenvalue weighted by atomic mass is 10.4. The Bertz CT molecular complexity index is 441. The molecule has 0 fully saturated rings. The van der Waals surface area contributed by atoms with Crippen molar-refractivity contribution in [3.05, 3.63) is 11.2 Å². The van der Waals surface area contributed by atoms with Gasteiger partial charge in [0.1, 0.15) is 0 Å². The van der Waals surface area contributed by atoms with Gasteiger partial charge in [-0.3, -0.25) is 4.68 Å². The van der Waals surface area contributed by atoms with Crippen LogP contribution in [0.4, 0.5) is 0 Å². The minimum atomic E-state index is -3.60. The second-order valence-corrected chi connectivity index (χ2v) is 5.55. The highest BCUT2D eigenvalue weighted by Gasteiger charge is 2.22. The molecule has 0 aromatic carbocycles. The molecule has 17 heavy (non-hydrogen) atoms. The fourth-order valence-electron chi connectivity index (χ4n) is 1.11. The van der Waals surface area contributed by atoms with Gasteiger partial charge in [-0.15, -0.1) is 12.4 Å². The molecule has 0 aliphatic heterocycles. The molecular weight excluding hydrogens is 287 g/mol. The molecule has 0 aliphatic carbocycles. The number of nitrogens with one attached hydrogen (secondary N) is 2. The van der Waals surface area contributed by atoms with Crippen LogP contribution in [0.1, 0.15) is 6.92 Å². The number of aryl methyl sites for hydroxylation is 1. The highest BCUT2D eigenvalue weighted by Crippen LogP contribution is 2.19. The van der Waals surface area contributed by atoms with E-state index in [2.05, 4.69) is 15.1 Å². The number of likely N-dealkylation sites (N-methyl/N-ethyl adjacent to an activating group) is 1. The summed E-state index contributed by atoms with van der Waals surface area (Å²) in [6.45, 7) is 2.16. The number of hydrogen-bond donors (Lipinski definition) is 2. The number of nitrogens with zero attached hydrogens (tertiary/aromatic N) is 2. The van der Waals surface area contributed by atoms with Crippen LogP contribution in [0.25, 0.3) is 0 Å². The lowest BCUT2D eigenvalue weighted by Crippen LogP contribution is -2.37. The van der Waals surface area contributed by atoms with E-state index in [0.717, 1.165) is 0 Å². The molecule has 0 aliphatic rings. The zero-order valence-corrected chi connectivity index (χ0v) is 12.2. The molecule has 0 amide bonds. The zero-order valence-electron chi connectivity index (χ0n) is 9.77. The van der Waals surface area contributed by atoms with E-state index < -0.39 is 10.0 Å². The summed E-state index contributed by atoms with van der Waals surface area (Å²) >= 11 is 5.76. The Kier molecular flexibility index (Phi) is 6.42. The van der Waals surface area contributed by atoms with Crippen molar-refractivity contribution in [2.75, 3.05) is 13.6 Å². The minimum absolute atomic E-state index is 0. The second kappa shape index (κ2) is 6.55. The van der Waals surface area contributed by atoms with Gasteiger partial charge >= 0.3 is 0 Å². The van der Waals surface area contributed by atoms with Gasteiger partial charge in [-0.1, -0.05) is 11.6 Å². The van der Waals surface area contributed by atoms with Crippen molar-refractivity contribution in [2.24, 2.45) is 7.05 Å². The molecular formula is C8H16Cl2N4O2S. The van der Waals surface area contributed by atoms with Crippen LogP contribution in [-0.2, 0) is 17.1 Å². The Morgan fingerprint density at radius 2 is 2.18 bits per heavy atom. The number of hydrogen-bond acceptors (Lipinski definition) is 4. The summed E-state index contributed by atoms with van der Waals surface area (Å²) in [5.41, 5.74) is 0. The molecule has 0 bridgehead atoms. The largest absolute Gasteiger partial charge is 0.316 e. The molecule has 100 valence electrons. The highest BCUT2D eigenvalue weighted by molar-refractivity contribution is 7.89. The summed E-state index contributed by atoms with van der Waals surface area (Å²) in [5.74, 6) is 0. The van der Waals surface area contributed by atoms with Crippen LogP contribution < -0.4 is 10.0 Å². The number of aromatic nitrogens is 2. The van der Waals surface area contributed by atoms with Crippen molar-refractivity contribution in [3.63, 3.8) is 0 Å². The lowest BCUT2D eigenvalue weighted by Gasteiger charge is -2.12. The smallest absolute Gasteiger partial charge is 0.259 e. The van der Waals surface area contributed by atoms with Crippen LogP contribution in [0.15, 0.2) is 11.2 Å². The Labute approximate surface area is 112 Å². The lowest BCUT2D eigenvalue weighted by molar-refractivity contribution is 0.542. The summed E-state index contributed by atoms with van der Waals surface area (Å²) in [4.78, 5) is 0. The van der Waals surface area contributed by atoms with E-state index in [1.165, 1.54) is 17.9 Å². The van der Waals surface area contributed by atoms with Crippen LogP contribution in [-0.4, -0.2) is 37.8 Å². The Balaban J connectivity index is 0.00000256. The molecule has 1 atom stereocenters. The van der Waals surface area contributed by atoms with E-state index in [4.69, 9.17) is 11.6 Å². The number of halogens is 2. The SMILES string of the molecule is CNC(C)CNS(=O)(=O)c1c(Cl)cnn1C.Cl. The molecule has 1 unspecified atom stereocenters. The molecule has 0 radical (unpaired) electrons. The first kappa shape index (κ1) is 16.7. The monoisotopic (exact) mass is 302 g/mol. The van der Waals surface area contributed by atoms with Gasteiger partial charge in [-0.05, 0) is 14.0 Å². The highest BCUT2D eigenvalue weighted by atomic mass is 35.5. The Morgan fingerprint density at radius 1 is 1.59 bits per heavy atom. The summed E-state index contributed by atoms with van der Waals surface area (Å²) in [6, 6.07) is 0.0433. The summed E-state index contributed by atoms with van der Waals surface area (Å²) < 4.78 is 27.4. The van der Waals surface area contributed by atoms with Crippen molar-refractivity contribution in [2.45, 2.75) is 18.0 Å². The molecule has 6 nitrogen and oxygen atoms in total. The number of rotatable bonds is 5. The molecule has 1 aromatic heterocycles. The molecule has 2 N–H and O–H groups in total. The molecule has 0 saturated carbocycles. The van der Waals surface area contributed by atoms with Crippen LogP contribution in [0, 0.1) is 0 Å². The first-order valence-corrected chi connectivity index (χ1v) is 6.59. The minimum Gasteiger partial charge on any atom is -0.316 e. The van der Waals surface area contributed by atoms with Crippen molar-refractivity contribution in [1.82, 2.24) is 19.8 Å². The Hall–Kier alpha value is -0.340.